The molecule has 1 N–H and O–H groups in total. The summed E-state index contributed by atoms with van der Waals surface area (Å²) in [7, 11) is 0. The Kier molecular flexibility index (Phi) is 7.00. The number of hydrogen-bond donors (Lipinski definition) is 1. The number of rotatable bonds is 8. The summed E-state index contributed by atoms with van der Waals surface area (Å²) in [5.41, 5.74) is 5.15. The Morgan fingerprint density at radius 2 is 1.62 bits per heavy atom. The van der Waals surface area contributed by atoms with E-state index in [-0.39, 0.29) is 11.9 Å². The molecular weight excluding hydrogens is 458 g/mol. The van der Waals surface area contributed by atoms with Gasteiger partial charge in [-0.05, 0) is 60.0 Å². The van der Waals surface area contributed by atoms with Crippen molar-refractivity contribution in [2.45, 2.75) is 26.1 Å². The van der Waals surface area contributed by atoms with E-state index in [4.69, 9.17) is 4.74 Å². The van der Waals surface area contributed by atoms with Crippen molar-refractivity contribution < 1.29 is 9.53 Å². The Labute approximate surface area is 216 Å². The van der Waals surface area contributed by atoms with Crippen molar-refractivity contribution >= 4 is 16.8 Å². The van der Waals surface area contributed by atoms with Gasteiger partial charge in [0.05, 0.1) is 17.7 Å². The summed E-state index contributed by atoms with van der Waals surface area (Å²) < 4.78 is 8.03. The van der Waals surface area contributed by atoms with E-state index in [1.54, 1.807) is 6.07 Å². The van der Waals surface area contributed by atoms with Crippen molar-refractivity contribution in [2.24, 2.45) is 0 Å². The van der Waals surface area contributed by atoms with Crippen LogP contribution in [-0.2, 0) is 13.2 Å². The van der Waals surface area contributed by atoms with Gasteiger partial charge in [0.15, 0.2) is 0 Å². The number of carbonyl (C=O) groups excluding carboxylic acids is 1. The number of ether oxygens (including phenoxy) is 1. The molecule has 5 heteroatoms. The first-order chi connectivity index (χ1) is 18.1. The summed E-state index contributed by atoms with van der Waals surface area (Å²) in [5, 5.41) is 13.4. The Morgan fingerprint density at radius 3 is 2.38 bits per heavy atom. The fourth-order valence-electron chi connectivity index (χ4n) is 4.46. The molecule has 1 amide bonds. The first-order valence-electron chi connectivity index (χ1n) is 12.3. The minimum atomic E-state index is -0.157. The topological polar surface area (TPSA) is 67.0 Å². The molecule has 5 rings (SSSR count). The fourth-order valence-corrected chi connectivity index (χ4v) is 4.46. The van der Waals surface area contributed by atoms with Crippen molar-refractivity contribution in [1.29, 1.82) is 5.26 Å². The van der Waals surface area contributed by atoms with Crippen LogP contribution in [0.4, 0.5) is 0 Å². The summed E-state index contributed by atoms with van der Waals surface area (Å²) in [4.78, 5) is 13.5. The molecule has 0 spiro atoms. The molecule has 0 aliphatic rings. The lowest BCUT2D eigenvalue weighted by atomic mass is 10.1. The predicted molar refractivity (Wildman–Crippen MR) is 145 cm³/mol. The number of benzene rings is 4. The number of nitriles is 1. The van der Waals surface area contributed by atoms with Gasteiger partial charge in [-0.2, -0.15) is 5.26 Å². The van der Waals surface area contributed by atoms with E-state index in [1.165, 1.54) is 0 Å². The van der Waals surface area contributed by atoms with E-state index in [0.717, 1.165) is 33.3 Å². The van der Waals surface area contributed by atoms with E-state index < -0.39 is 0 Å². The van der Waals surface area contributed by atoms with Crippen LogP contribution in [0.1, 0.15) is 45.7 Å². The molecule has 182 valence electrons. The van der Waals surface area contributed by atoms with Crippen molar-refractivity contribution in [1.82, 2.24) is 9.88 Å². The molecule has 0 fully saturated rings. The highest BCUT2D eigenvalue weighted by molar-refractivity contribution is 5.99. The zero-order valence-corrected chi connectivity index (χ0v) is 20.6. The lowest BCUT2D eigenvalue weighted by Gasteiger charge is -2.16. The Bertz CT molecular complexity index is 1570. The molecule has 0 radical (unpaired) electrons. The molecule has 37 heavy (non-hydrogen) atoms. The Morgan fingerprint density at radius 1 is 0.892 bits per heavy atom. The third-order valence-corrected chi connectivity index (χ3v) is 6.40. The van der Waals surface area contributed by atoms with Gasteiger partial charge in [-0.15, -0.1) is 0 Å². The maximum atomic E-state index is 13.5. The summed E-state index contributed by atoms with van der Waals surface area (Å²) in [6.45, 7) is 2.91. The smallest absolute Gasteiger partial charge is 0.268 e. The van der Waals surface area contributed by atoms with E-state index in [1.807, 2.05) is 115 Å². The monoisotopic (exact) mass is 485 g/mol. The summed E-state index contributed by atoms with van der Waals surface area (Å²) >= 11 is 0. The SMILES string of the molecule is C[C@@H](NC(=O)c1cc2cc(OCc3ccccc3)ccc2n1Cc1cccc(C#N)c1)c1ccccc1. The van der Waals surface area contributed by atoms with E-state index in [9.17, 15) is 10.1 Å². The average molecular weight is 486 g/mol. The Hall–Kier alpha value is -4.82. The molecule has 1 aromatic heterocycles. The van der Waals surface area contributed by atoms with E-state index in [0.29, 0.717) is 24.4 Å². The van der Waals surface area contributed by atoms with Crippen molar-refractivity contribution in [3.8, 4) is 11.8 Å². The zero-order valence-electron chi connectivity index (χ0n) is 20.6. The number of aromatic nitrogens is 1. The first-order valence-corrected chi connectivity index (χ1v) is 12.3. The lowest BCUT2D eigenvalue weighted by Crippen LogP contribution is -2.28. The zero-order chi connectivity index (χ0) is 25.6. The van der Waals surface area contributed by atoms with Crippen LogP contribution in [0.3, 0.4) is 0 Å². The number of hydrogen-bond acceptors (Lipinski definition) is 3. The second kappa shape index (κ2) is 10.8. The molecule has 0 aliphatic heterocycles. The van der Waals surface area contributed by atoms with Gasteiger partial charge in [-0.25, -0.2) is 0 Å². The highest BCUT2D eigenvalue weighted by atomic mass is 16.5. The molecule has 0 saturated heterocycles. The maximum Gasteiger partial charge on any atom is 0.268 e. The third-order valence-electron chi connectivity index (χ3n) is 6.40. The van der Waals surface area contributed by atoms with Gasteiger partial charge in [0, 0.05) is 17.4 Å². The molecule has 4 aromatic carbocycles. The van der Waals surface area contributed by atoms with Crippen LogP contribution in [0, 0.1) is 11.3 Å². The normalized spacial score (nSPS) is 11.6. The van der Waals surface area contributed by atoms with Gasteiger partial charge in [0.25, 0.3) is 5.91 Å². The highest BCUT2D eigenvalue weighted by Gasteiger charge is 2.19. The van der Waals surface area contributed by atoms with E-state index in [2.05, 4.69) is 11.4 Å². The second-order valence-corrected chi connectivity index (χ2v) is 9.03. The number of nitrogens with one attached hydrogen (secondary N) is 1. The van der Waals surface area contributed by atoms with Gasteiger partial charge in [0.2, 0.25) is 0 Å². The maximum absolute atomic E-state index is 13.5. The molecule has 1 heterocycles. The first kappa shape index (κ1) is 23.9. The van der Waals surface area contributed by atoms with Gasteiger partial charge in [-0.1, -0.05) is 72.8 Å². The van der Waals surface area contributed by atoms with Crippen LogP contribution in [0.15, 0.2) is 109 Å². The summed E-state index contributed by atoms with van der Waals surface area (Å²) in [6, 6.07) is 37.2. The molecule has 0 aliphatic carbocycles. The van der Waals surface area contributed by atoms with Crippen LogP contribution in [0.2, 0.25) is 0 Å². The standard InChI is InChI=1S/C32H27N3O2/c1-23(27-13-6-3-7-14-27)34-32(36)31-19-28-18-29(37-22-24-9-4-2-5-10-24)15-16-30(28)35(31)21-26-12-8-11-25(17-26)20-33/h2-19,23H,21-22H2,1H3,(H,34,36)/t23-/m1/s1. The minimum Gasteiger partial charge on any atom is -0.489 e. The van der Waals surface area contributed by atoms with Crippen molar-refractivity contribution in [3.63, 3.8) is 0 Å². The lowest BCUT2D eigenvalue weighted by molar-refractivity contribution is 0.0931. The molecule has 1 atom stereocenters. The predicted octanol–water partition coefficient (Wildman–Crippen LogP) is 6.63. The Balaban J connectivity index is 1.47. The molecule has 0 saturated carbocycles. The van der Waals surface area contributed by atoms with Crippen molar-refractivity contribution in [2.75, 3.05) is 0 Å². The number of nitrogens with zero attached hydrogens (tertiary/aromatic N) is 2. The van der Waals surface area contributed by atoms with Crippen LogP contribution >= 0.6 is 0 Å². The number of amides is 1. The highest BCUT2D eigenvalue weighted by Crippen LogP contribution is 2.27. The van der Waals surface area contributed by atoms with Crippen LogP contribution in [-0.4, -0.2) is 10.5 Å². The quantitative estimate of drug-likeness (QED) is 0.268. The molecule has 0 unspecified atom stereocenters. The molecule has 5 nitrogen and oxygen atoms in total. The second-order valence-electron chi connectivity index (χ2n) is 9.03. The van der Waals surface area contributed by atoms with Gasteiger partial charge >= 0.3 is 0 Å². The van der Waals surface area contributed by atoms with Crippen LogP contribution in [0.25, 0.3) is 10.9 Å². The minimum absolute atomic E-state index is 0.146. The summed E-state index contributed by atoms with van der Waals surface area (Å²) in [6.07, 6.45) is 0. The fraction of sp³-hybridized carbons (Fsp3) is 0.125. The average Bonchev–Trinajstić information content (AvgIpc) is 3.30. The largest absolute Gasteiger partial charge is 0.489 e. The summed E-state index contributed by atoms with van der Waals surface area (Å²) in [5.74, 6) is 0.584. The van der Waals surface area contributed by atoms with E-state index >= 15 is 0 Å². The number of fused-ring (bicyclic) bond motifs is 1. The third kappa shape index (κ3) is 5.55. The molecule has 0 bridgehead atoms. The van der Waals surface area contributed by atoms with Gasteiger partial charge < -0.3 is 14.6 Å². The molecular formula is C32H27N3O2. The van der Waals surface area contributed by atoms with Gasteiger partial charge in [-0.3, -0.25) is 4.79 Å². The van der Waals surface area contributed by atoms with Gasteiger partial charge in [0.1, 0.15) is 18.1 Å². The van der Waals surface area contributed by atoms with Crippen LogP contribution < -0.4 is 10.1 Å². The number of carbonyl (C=O) groups is 1. The molecule has 5 aromatic rings. The van der Waals surface area contributed by atoms with Crippen LogP contribution in [0.5, 0.6) is 5.75 Å². The van der Waals surface area contributed by atoms with Crippen molar-refractivity contribution in [3.05, 3.63) is 137 Å².